The first kappa shape index (κ1) is 47.2. The molecule has 0 saturated heterocycles. The largest absolute Gasteiger partial charge is 0.309 e. The van der Waals surface area contributed by atoms with Crippen LogP contribution in [0.1, 0.15) is 90.3 Å². The first-order valence-corrected chi connectivity index (χ1v) is 31.0. The van der Waals surface area contributed by atoms with Crippen molar-refractivity contribution in [3.8, 4) is 39.1 Å². The predicted octanol–water partition coefficient (Wildman–Crippen LogP) is 20.3. The summed E-state index contributed by atoms with van der Waals surface area (Å²) in [6.45, 7) is 9.56. The molecular formula is C74H60N2S2. The van der Waals surface area contributed by atoms with Crippen molar-refractivity contribution >= 4 is 74.8 Å². The Kier molecular flexibility index (Phi) is 10.9. The Labute approximate surface area is 463 Å². The summed E-state index contributed by atoms with van der Waals surface area (Å²) in [4.78, 5) is 6.25. The number of fused-ring (bicyclic) bond motifs is 20. The van der Waals surface area contributed by atoms with Gasteiger partial charge in [-0.15, -0.1) is 11.3 Å². The van der Waals surface area contributed by atoms with Gasteiger partial charge in [-0.1, -0.05) is 215 Å². The van der Waals surface area contributed by atoms with Gasteiger partial charge in [0.15, 0.2) is 0 Å². The van der Waals surface area contributed by atoms with Gasteiger partial charge in [0.05, 0.1) is 27.9 Å². The summed E-state index contributed by atoms with van der Waals surface area (Å²) < 4.78 is 5.22. The van der Waals surface area contributed by atoms with Gasteiger partial charge in [0.1, 0.15) is 0 Å². The van der Waals surface area contributed by atoms with Crippen LogP contribution in [0.2, 0.25) is 0 Å². The van der Waals surface area contributed by atoms with Crippen LogP contribution in [0, 0.1) is 0 Å². The van der Waals surface area contributed by atoms with Crippen LogP contribution in [0.4, 0.5) is 0 Å². The molecule has 0 bridgehead atoms. The Morgan fingerprint density at radius 3 is 1.94 bits per heavy atom. The van der Waals surface area contributed by atoms with Crippen LogP contribution in [0.5, 0.6) is 0 Å². The number of benzene rings is 10. The van der Waals surface area contributed by atoms with Gasteiger partial charge in [-0.05, 0) is 129 Å². The van der Waals surface area contributed by atoms with Crippen LogP contribution in [-0.2, 0) is 11.2 Å². The number of rotatable bonds is 8. The molecule has 1 spiro atoms. The molecule has 0 radical (unpaired) electrons. The molecule has 2 aromatic heterocycles. The molecule has 3 aliphatic rings. The third-order valence-corrected chi connectivity index (χ3v) is 24.1. The van der Waals surface area contributed by atoms with Crippen molar-refractivity contribution in [2.45, 2.75) is 62.2 Å². The van der Waals surface area contributed by atoms with Gasteiger partial charge in [-0.3, -0.25) is 4.99 Å². The summed E-state index contributed by atoms with van der Waals surface area (Å²) >= 11 is 1.90. The average Bonchev–Trinajstić information content (AvgIpc) is 2.75. The number of aromatic nitrogens is 1. The Morgan fingerprint density at radius 1 is 0.564 bits per heavy atom. The third-order valence-electron chi connectivity index (χ3n) is 18.3. The summed E-state index contributed by atoms with van der Waals surface area (Å²) in [6.07, 6.45) is 4.52. The molecule has 3 heterocycles. The number of nitrogens with zero attached hydrogens (tertiary/aromatic N) is 2. The van der Waals surface area contributed by atoms with Crippen molar-refractivity contribution in [2.24, 2.45) is 4.99 Å². The van der Waals surface area contributed by atoms with Crippen molar-refractivity contribution in [1.29, 1.82) is 0 Å². The SMILES string of the molecule is CC/C(C)=C(\N=C(\c1ccc2c(c1)sc1ccccc12)C(CC)S1(C)Cc2ccccc2-c2ccccc2C1C)c1cccc(-n2c3ccccc3c3ccc4c(c32)-c2ccccc2C42c3ccccc3-c3ccccc32)c1. The molecule has 0 amide bonds. The van der Waals surface area contributed by atoms with Crippen LogP contribution in [0.3, 0.4) is 0 Å². The first-order chi connectivity index (χ1) is 38.3. The minimum absolute atomic E-state index is 0.194. The molecule has 378 valence electrons. The maximum atomic E-state index is 6.25. The van der Waals surface area contributed by atoms with E-state index in [-0.39, 0.29) is 5.25 Å². The summed E-state index contributed by atoms with van der Waals surface area (Å²) in [5, 5.41) is 5.69. The molecule has 3 unspecified atom stereocenters. The number of aliphatic imine (C=N–C) groups is 1. The zero-order valence-electron chi connectivity index (χ0n) is 44.8. The lowest BCUT2D eigenvalue weighted by Crippen LogP contribution is -2.31. The van der Waals surface area contributed by atoms with Crippen LogP contribution in [0.25, 0.3) is 86.7 Å². The Bertz CT molecular complexity index is 4480. The average molecular weight is 1040 g/mol. The zero-order valence-corrected chi connectivity index (χ0v) is 46.5. The van der Waals surface area contributed by atoms with Gasteiger partial charge in [0.25, 0.3) is 0 Å². The second kappa shape index (κ2) is 18.0. The van der Waals surface area contributed by atoms with Gasteiger partial charge in [-0.25, -0.2) is 10.0 Å². The fourth-order valence-corrected chi connectivity index (χ4v) is 19.8. The highest BCUT2D eigenvalue weighted by Gasteiger charge is 2.52. The smallest absolute Gasteiger partial charge is 0.0726 e. The van der Waals surface area contributed by atoms with Crippen molar-refractivity contribution < 1.29 is 0 Å². The van der Waals surface area contributed by atoms with E-state index in [0.29, 0.717) is 5.25 Å². The van der Waals surface area contributed by atoms with Crippen LogP contribution in [-0.4, -0.2) is 21.8 Å². The number of para-hydroxylation sites is 1. The topological polar surface area (TPSA) is 17.3 Å². The molecule has 0 saturated carbocycles. The minimum atomic E-state index is -1.48. The van der Waals surface area contributed by atoms with Gasteiger partial charge >= 0.3 is 0 Å². The summed E-state index contributed by atoms with van der Waals surface area (Å²) in [5.41, 5.74) is 25.4. The minimum Gasteiger partial charge on any atom is -0.309 e. The van der Waals surface area contributed by atoms with Gasteiger partial charge in [0.2, 0.25) is 0 Å². The Hall–Kier alpha value is -8.02. The highest BCUT2D eigenvalue weighted by Crippen LogP contribution is 2.68. The number of hydrogen-bond acceptors (Lipinski definition) is 2. The molecule has 0 fully saturated rings. The molecule has 78 heavy (non-hydrogen) atoms. The Morgan fingerprint density at radius 2 is 1.18 bits per heavy atom. The molecular weight excluding hydrogens is 981 g/mol. The van der Waals surface area contributed by atoms with Crippen molar-refractivity contribution in [3.63, 3.8) is 0 Å². The summed E-state index contributed by atoms with van der Waals surface area (Å²) in [6, 6.07) is 85.4. The molecule has 0 N–H and O–H groups in total. The monoisotopic (exact) mass is 1040 g/mol. The van der Waals surface area contributed by atoms with E-state index in [1.54, 1.807) is 0 Å². The van der Waals surface area contributed by atoms with Gasteiger partial charge < -0.3 is 4.57 Å². The quantitative estimate of drug-likeness (QED) is 0.135. The fourth-order valence-electron chi connectivity index (χ4n) is 14.5. The highest BCUT2D eigenvalue weighted by molar-refractivity contribution is 8.33. The lowest BCUT2D eigenvalue weighted by molar-refractivity contribution is 0.794. The van der Waals surface area contributed by atoms with Crippen molar-refractivity contribution in [1.82, 2.24) is 4.57 Å². The summed E-state index contributed by atoms with van der Waals surface area (Å²) in [5.74, 6) is 1.03. The predicted molar refractivity (Wildman–Crippen MR) is 337 cm³/mol. The molecule has 3 atom stereocenters. The van der Waals surface area contributed by atoms with E-state index in [0.717, 1.165) is 35.5 Å². The second-order valence-corrected chi connectivity index (χ2v) is 27.2. The number of hydrogen-bond donors (Lipinski definition) is 0. The van der Waals surface area contributed by atoms with E-state index in [2.05, 4.69) is 263 Å². The standard InChI is InChI=1S/C74H60N2S2/c1-6-46(3)71(75-72(49-39-40-59-58-32-16-21-38-67(58)77-68(59)44-49)69(7-2)78(5)45-50-23-8-9-27-53(50)54-28-11-10-26-52(54)47(78)4)48-24-22-25-51(43-48)76-66-37-20-15-31-57(66)60-41-42-65-70(73(60)76)61-33-14-19-36-64(61)74(65)62-34-17-12-29-55(62)56-30-13-18-35-63(56)74/h8-44,47,69H,6-7,45H2,1-5H3/b71-46-,75-72-. The van der Waals surface area contributed by atoms with Gasteiger partial charge in [-0.2, -0.15) is 0 Å². The second-order valence-electron chi connectivity index (χ2n) is 22.1. The van der Waals surface area contributed by atoms with Crippen molar-refractivity contribution in [3.05, 3.63) is 275 Å². The van der Waals surface area contributed by atoms with E-state index in [9.17, 15) is 0 Å². The first-order valence-electron chi connectivity index (χ1n) is 27.9. The molecule has 12 aromatic rings. The lowest BCUT2D eigenvalue weighted by Gasteiger charge is -2.48. The van der Waals surface area contributed by atoms with Crippen LogP contribution in [0.15, 0.2) is 235 Å². The van der Waals surface area contributed by atoms with Gasteiger partial charge in [0, 0.05) is 64.0 Å². The molecule has 15 rings (SSSR count). The zero-order chi connectivity index (χ0) is 52.4. The van der Waals surface area contributed by atoms with Crippen molar-refractivity contribution in [2.75, 3.05) is 6.26 Å². The fraction of sp³-hybridized carbons (Fsp3) is 0.149. The molecule has 2 aliphatic carbocycles. The highest BCUT2D eigenvalue weighted by atomic mass is 32.3. The van der Waals surface area contributed by atoms with E-state index in [1.807, 2.05) is 11.3 Å². The lowest BCUT2D eigenvalue weighted by atomic mass is 9.70. The molecule has 4 heteroatoms. The van der Waals surface area contributed by atoms with E-state index >= 15 is 0 Å². The van der Waals surface area contributed by atoms with Crippen LogP contribution < -0.4 is 0 Å². The van der Waals surface area contributed by atoms with E-state index in [1.165, 1.54) is 126 Å². The van der Waals surface area contributed by atoms with Crippen LogP contribution >= 0.6 is 21.4 Å². The van der Waals surface area contributed by atoms with E-state index < -0.39 is 15.4 Å². The maximum absolute atomic E-state index is 6.25. The molecule has 1 aliphatic heterocycles. The molecule has 2 nitrogen and oxygen atoms in total. The third kappa shape index (κ3) is 6.66. The van der Waals surface area contributed by atoms with E-state index in [4.69, 9.17) is 4.99 Å². The Balaban J connectivity index is 0.962. The summed E-state index contributed by atoms with van der Waals surface area (Å²) in [7, 11) is -1.48. The molecule has 10 aromatic carbocycles. The maximum Gasteiger partial charge on any atom is 0.0726 e. The number of allylic oxidation sites excluding steroid dienone is 1. The number of thiophene rings is 1. The normalized spacial score (nSPS) is 18.4.